The normalized spacial score (nSPS) is 12.1. The van der Waals surface area contributed by atoms with Crippen molar-refractivity contribution < 1.29 is 35.8 Å². The number of anilines is 1. The second-order valence-corrected chi connectivity index (χ2v) is 13.8. The van der Waals surface area contributed by atoms with E-state index in [1.54, 1.807) is 55.8 Å². The van der Waals surface area contributed by atoms with E-state index < -0.39 is 25.9 Å². The molecular weight excluding hydrogens is 585 g/mol. The van der Waals surface area contributed by atoms with Gasteiger partial charge in [0, 0.05) is 30.2 Å². The van der Waals surface area contributed by atoms with Gasteiger partial charge in [-0.1, -0.05) is 24.3 Å². The highest BCUT2D eigenvalue weighted by atomic mass is 32.2. The Morgan fingerprint density at radius 2 is 1.60 bits per heavy atom. The molecule has 13 heteroatoms. The number of hydrogen-bond donors (Lipinski definition) is 1. The van der Waals surface area contributed by atoms with E-state index in [1.165, 1.54) is 25.4 Å². The fourth-order valence-corrected chi connectivity index (χ4v) is 5.95. The Kier molecular flexibility index (Phi) is 7.50. The van der Waals surface area contributed by atoms with Crippen molar-refractivity contribution in [1.82, 2.24) is 8.96 Å². The molecular formula is C29H28FN3O7S2. The van der Waals surface area contributed by atoms with Crippen molar-refractivity contribution in [1.29, 1.82) is 0 Å². The smallest absolute Gasteiger partial charge is 0.238 e. The number of fused-ring (bicyclic) bond motifs is 2. The molecule has 0 aliphatic carbocycles. The number of methoxy groups -OCH3 is 1. The highest BCUT2D eigenvalue weighted by Crippen LogP contribution is 2.48. The monoisotopic (exact) mass is 613 g/mol. The van der Waals surface area contributed by atoms with Crippen molar-refractivity contribution in [3.05, 3.63) is 89.5 Å². The Hall–Kier alpha value is -4.36. The van der Waals surface area contributed by atoms with E-state index in [0.29, 0.717) is 27.1 Å². The molecule has 0 aliphatic rings. The molecule has 10 nitrogen and oxygen atoms in total. The summed E-state index contributed by atoms with van der Waals surface area (Å²) in [5.41, 5.74) is 2.57. The highest BCUT2D eigenvalue weighted by Gasteiger charge is 2.29. The van der Waals surface area contributed by atoms with Gasteiger partial charge in [-0.2, -0.15) is 0 Å². The lowest BCUT2D eigenvalue weighted by molar-refractivity contribution is 0.311. The van der Waals surface area contributed by atoms with Crippen molar-refractivity contribution in [2.45, 2.75) is 13.0 Å². The summed E-state index contributed by atoms with van der Waals surface area (Å²) < 4.78 is 77.4. The lowest BCUT2D eigenvalue weighted by Crippen LogP contribution is -2.25. The molecule has 0 saturated heterocycles. The van der Waals surface area contributed by atoms with Gasteiger partial charge in [0.15, 0.2) is 5.75 Å². The minimum atomic E-state index is -4.00. The number of rotatable bonds is 9. The standard InChI is InChI=1S/C29H28FN3O7S2/c1-32(41(3,35)36)27-23-14-20(13-18-5-9-21(30)10-6-18)15-31-26(23)28(40-17-19-7-11-22(39-2)12-8-19)25-24(27)16-33(29(25)34)42(4,37)38/h5-12,14-16,34H,13,17H2,1-4H3. The summed E-state index contributed by atoms with van der Waals surface area (Å²) in [6, 6.07) is 14.8. The van der Waals surface area contributed by atoms with Crippen molar-refractivity contribution in [2.24, 2.45) is 0 Å². The van der Waals surface area contributed by atoms with E-state index in [-0.39, 0.29) is 40.2 Å². The largest absolute Gasteiger partial charge is 0.497 e. The van der Waals surface area contributed by atoms with Crippen LogP contribution >= 0.6 is 0 Å². The average molecular weight is 614 g/mol. The van der Waals surface area contributed by atoms with Gasteiger partial charge in [0.1, 0.15) is 23.7 Å². The summed E-state index contributed by atoms with van der Waals surface area (Å²) in [6.45, 7) is 0.0258. The van der Waals surface area contributed by atoms with Gasteiger partial charge in [0.05, 0.1) is 30.7 Å². The summed E-state index contributed by atoms with van der Waals surface area (Å²) in [4.78, 5) is 4.61. The van der Waals surface area contributed by atoms with Crippen LogP contribution in [-0.4, -0.2) is 57.6 Å². The summed E-state index contributed by atoms with van der Waals surface area (Å²) in [6.07, 6.45) is 5.04. The molecule has 0 unspecified atom stereocenters. The fraction of sp³-hybridized carbons (Fsp3) is 0.207. The minimum absolute atomic E-state index is 0.00859. The molecule has 0 saturated carbocycles. The van der Waals surface area contributed by atoms with Gasteiger partial charge in [-0.05, 0) is 53.4 Å². The van der Waals surface area contributed by atoms with E-state index in [0.717, 1.165) is 27.9 Å². The van der Waals surface area contributed by atoms with Gasteiger partial charge >= 0.3 is 0 Å². The molecule has 3 aromatic carbocycles. The molecule has 1 N–H and O–H groups in total. The molecule has 2 heterocycles. The molecule has 2 aromatic heterocycles. The van der Waals surface area contributed by atoms with Gasteiger partial charge < -0.3 is 14.6 Å². The zero-order valence-electron chi connectivity index (χ0n) is 23.2. The van der Waals surface area contributed by atoms with Crippen molar-refractivity contribution in [3.63, 3.8) is 0 Å². The van der Waals surface area contributed by atoms with Crippen LogP contribution in [0.2, 0.25) is 0 Å². The van der Waals surface area contributed by atoms with Gasteiger partial charge in [-0.25, -0.2) is 25.2 Å². The Bertz CT molecular complexity index is 2020. The van der Waals surface area contributed by atoms with E-state index in [1.807, 2.05) is 0 Å². The Labute approximate surface area is 242 Å². The van der Waals surface area contributed by atoms with Crippen LogP contribution in [-0.2, 0) is 33.1 Å². The summed E-state index contributed by atoms with van der Waals surface area (Å²) in [7, 11) is -4.97. The van der Waals surface area contributed by atoms with Crippen LogP contribution in [0.4, 0.5) is 10.1 Å². The van der Waals surface area contributed by atoms with Crippen LogP contribution in [0.15, 0.2) is 67.0 Å². The zero-order chi connectivity index (χ0) is 30.4. The first-order chi connectivity index (χ1) is 19.8. The lowest BCUT2D eigenvalue weighted by atomic mass is 10.0. The maximum Gasteiger partial charge on any atom is 0.238 e. The third kappa shape index (κ3) is 5.57. The number of aromatic nitrogens is 2. The van der Waals surface area contributed by atoms with Crippen LogP contribution in [0, 0.1) is 5.82 Å². The first-order valence-corrected chi connectivity index (χ1v) is 16.3. The van der Waals surface area contributed by atoms with Crippen LogP contribution in [0.1, 0.15) is 16.7 Å². The van der Waals surface area contributed by atoms with E-state index in [9.17, 15) is 26.3 Å². The summed E-state index contributed by atoms with van der Waals surface area (Å²) in [5, 5.41) is 11.6. The van der Waals surface area contributed by atoms with Gasteiger partial charge in [0.2, 0.25) is 25.9 Å². The maximum atomic E-state index is 13.5. The maximum absolute atomic E-state index is 13.5. The second-order valence-electron chi connectivity index (χ2n) is 9.89. The van der Waals surface area contributed by atoms with Crippen LogP contribution in [0.3, 0.4) is 0 Å². The first-order valence-electron chi connectivity index (χ1n) is 12.6. The molecule has 0 radical (unpaired) electrons. The molecule has 0 fully saturated rings. The third-order valence-corrected chi connectivity index (χ3v) is 9.05. The van der Waals surface area contributed by atoms with Crippen LogP contribution in [0.5, 0.6) is 17.4 Å². The van der Waals surface area contributed by atoms with Crippen molar-refractivity contribution in [2.75, 3.05) is 31.0 Å². The predicted octanol–water partition coefficient (Wildman–Crippen LogP) is 4.42. The second kappa shape index (κ2) is 10.8. The van der Waals surface area contributed by atoms with Gasteiger partial charge in [0.25, 0.3) is 0 Å². The minimum Gasteiger partial charge on any atom is -0.497 e. The average Bonchev–Trinajstić information content (AvgIpc) is 3.29. The lowest BCUT2D eigenvalue weighted by Gasteiger charge is -2.22. The summed E-state index contributed by atoms with van der Waals surface area (Å²) >= 11 is 0. The number of halogens is 1. The number of hydrogen-bond acceptors (Lipinski definition) is 8. The van der Waals surface area contributed by atoms with Crippen LogP contribution < -0.4 is 13.8 Å². The van der Waals surface area contributed by atoms with E-state index >= 15 is 0 Å². The van der Waals surface area contributed by atoms with Crippen LogP contribution in [0.25, 0.3) is 21.7 Å². The fourth-order valence-electron chi connectivity index (χ4n) is 4.72. The van der Waals surface area contributed by atoms with Crippen molar-refractivity contribution >= 4 is 47.4 Å². The topological polar surface area (TPSA) is 128 Å². The molecule has 220 valence electrons. The number of sulfonamides is 1. The molecule has 5 rings (SSSR count). The van der Waals surface area contributed by atoms with Gasteiger partial charge in [-0.15, -0.1) is 0 Å². The molecule has 0 atom stereocenters. The SMILES string of the molecule is COc1ccc(COc2c3ncc(Cc4ccc(F)cc4)cc3c(N(C)S(C)(=O)=O)c3cn(S(C)(=O)=O)c(O)c23)cc1. The first kappa shape index (κ1) is 29.1. The number of benzene rings is 3. The Balaban J connectivity index is 1.79. The molecule has 0 spiro atoms. The highest BCUT2D eigenvalue weighted by molar-refractivity contribution is 7.92. The number of aromatic hydroxyl groups is 1. The molecule has 5 aromatic rings. The number of pyridine rings is 1. The predicted molar refractivity (Wildman–Crippen MR) is 159 cm³/mol. The number of nitrogens with zero attached hydrogens (tertiary/aromatic N) is 3. The molecule has 0 amide bonds. The van der Waals surface area contributed by atoms with Gasteiger partial charge in [-0.3, -0.25) is 9.29 Å². The zero-order valence-corrected chi connectivity index (χ0v) is 24.8. The van der Waals surface area contributed by atoms with E-state index in [2.05, 4.69) is 4.98 Å². The number of ether oxygens (including phenoxy) is 2. The van der Waals surface area contributed by atoms with Crippen molar-refractivity contribution in [3.8, 4) is 17.4 Å². The molecule has 0 aliphatic heterocycles. The quantitative estimate of drug-likeness (QED) is 0.259. The third-order valence-electron chi connectivity index (χ3n) is 6.88. The summed E-state index contributed by atoms with van der Waals surface area (Å²) in [5.74, 6) is -0.282. The molecule has 42 heavy (non-hydrogen) atoms. The Morgan fingerprint density at radius 1 is 0.952 bits per heavy atom. The Morgan fingerprint density at radius 3 is 2.19 bits per heavy atom. The molecule has 0 bridgehead atoms. The van der Waals surface area contributed by atoms with E-state index in [4.69, 9.17) is 9.47 Å².